The van der Waals surface area contributed by atoms with Crippen LogP contribution in [-0.2, 0) is 4.74 Å². The van der Waals surface area contributed by atoms with Crippen LogP contribution in [0.3, 0.4) is 0 Å². The quantitative estimate of drug-likeness (QED) is 0.412. The molecule has 9 nitrogen and oxygen atoms in total. The zero-order chi connectivity index (χ0) is 21.8. The normalized spacial score (nSPS) is 12.5. The van der Waals surface area contributed by atoms with Gasteiger partial charge in [0.15, 0.2) is 5.69 Å². The molecule has 0 aliphatic carbocycles. The SMILES string of the molecule is C=CCC(NC(=O)OC(C)(C)C)c1cc(-c2c([N+](=O)[O-])cnn2C(F)F)ccn1. The molecular formula is C18H21F2N5O4. The Hall–Kier alpha value is -3.37. The maximum Gasteiger partial charge on any atom is 0.408 e. The Bertz CT molecular complexity index is 908. The Morgan fingerprint density at radius 3 is 2.72 bits per heavy atom. The van der Waals surface area contributed by atoms with Crippen molar-refractivity contribution in [2.45, 2.75) is 45.4 Å². The van der Waals surface area contributed by atoms with Gasteiger partial charge in [0, 0.05) is 11.8 Å². The van der Waals surface area contributed by atoms with Crippen molar-refractivity contribution in [3.63, 3.8) is 0 Å². The number of nitrogens with one attached hydrogen (secondary N) is 1. The number of amides is 1. The van der Waals surface area contributed by atoms with Crippen LogP contribution in [0.15, 0.2) is 37.2 Å². The van der Waals surface area contributed by atoms with Crippen LogP contribution >= 0.6 is 0 Å². The number of nitrogens with zero attached hydrogens (tertiary/aromatic N) is 4. The van der Waals surface area contributed by atoms with E-state index in [0.717, 1.165) is 6.20 Å². The number of nitro groups is 1. The summed E-state index contributed by atoms with van der Waals surface area (Å²) in [5.74, 6) is 0. The standard InChI is InChI=1S/C18H21F2N5O4/c1-5-6-12(23-17(26)29-18(2,3)4)13-9-11(7-8-21-13)15-14(25(27)28)10-22-24(15)16(19)20/h5,7-10,12,16H,1,6H2,2-4H3,(H,23,26). The van der Waals surface area contributed by atoms with Crippen molar-refractivity contribution in [1.82, 2.24) is 20.1 Å². The maximum atomic E-state index is 13.3. The highest BCUT2D eigenvalue weighted by Crippen LogP contribution is 2.33. The molecule has 2 rings (SSSR count). The lowest BCUT2D eigenvalue weighted by Crippen LogP contribution is -2.35. The Balaban J connectivity index is 2.44. The van der Waals surface area contributed by atoms with Crippen LogP contribution in [0, 0.1) is 10.1 Å². The summed E-state index contributed by atoms with van der Waals surface area (Å²) in [7, 11) is 0. The van der Waals surface area contributed by atoms with Gasteiger partial charge in [-0.05, 0) is 39.3 Å². The molecule has 0 aliphatic heterocycles. The predicted octanol–water partition coefficient (Wildman–Crippen LogP) is 4.39. The summed E-state index contributed by atoms with van der Waals surface area (Å²) in [5.41, 5.74) is -1.24. The van der Waals surface area contributed by atoms with Gasteiger partial charge in [0.25, 0.3) is 0 Å². The third-order valence-electron chi connectivity index (χ3n) is 3.66. The minimum Gasteiger partial charge on any atom is -0.444 e. The first-order valence-electron chi connectivity index (χ1n) is 8.60. The summed E-state index contributed by atoms with van der Waals surface area (Å²) in [6, 6.07) is 2.06. The highest BCUT2D eigenvalue weighted by atomic mass is 19.3. The van der Waals surface area contributed by atoms with Gasteiger partial charge in [-0.2, -0.15) is 18.6 Å². The van der Waals surface area contributed by atoms with Crippen LogP contribution in [0.1, 0.15) is 45.5 Å². The molecule has 29 heavy (non-hydrogen) atoms. The number of rotatable bonds is 7. The zero-order valence-electron chi connectivity index (χ0n) is 16.1. The van der Waals surface area contributed by atoms with E-state index in [2.05, 4.69) is 22.0 Å². The molecule has 1 amide bonds. The van der Waals surface area contributed by atoms with Crippen molar-refractivity contribution in [2.75, 3.05) is 0 Å². The molecule has 0 spiro atoms. The molecule has 1 N–H and O–H groups in total. The molecule has 0 fully saturated rings. The van der Waals surface area contributed by atoms with Gasteiger partial charge in [0.2, 0.25) is 0 Å². The predicted molar refractivity (Wildman–Crippen MR) is 100 cm³/mol. The van der Waals surface area contributed by atoms with Crippen molar-refractivity contribution >= 4 is 11.8 Å². The van der Waals surface area contributed by atoms with Crippen LogP contribution in [0.25, 0.3) is 11.3 Å². The van der Waals surface area contributed by atoms with E-state index in [4.69, 9.17) is 4.74 Å². The second kappa shape index (κ2) is 8.76. The Morgan fingerprint density at radius 2 is 2.17 bits per heavy atom. The first-order chi connectivity index (χ1) is 13.5. The van der Waals surface area contributed by atoms with Crippen LogP contribution in [0.5, 0.6) is 0 Å². The molecule has 2 aromatic rings. The Labute approximate surface area is 165 Å². The van der Waals surface area contributed by atoms with Crippen molar-refractivity contribution < 1.29 is 23.2 Å². The van der Waals surface area contributed by atoms with Crippen LogP contribution in [0.4, 0.5) is 19.3 Å². The maximum absolute atomic E-state index is 13.3. The van der Waals surface area contributed by atoms with Gasteiger partial charge in [-0.3, -0.25) is 15.1 Å². The van der Waals surface area contributed by atoms with Crippen molar-refractivity contribution in [3.8, 4) is 11.3 Å². The smallest absolute Gasteiger partial charge is 0.408 e. The molecule has 1 atom stereocenters. The number of carbonyl (C=O) groups excluding carboxylic acids is 1. The Morgan fingerprint density at radius 1 is 1.48 bits per heavy atom. The van der Waals surface area contributed by atoms with Crippen molar-refractivity contribution in [3.05, 3.63) is 53.0 Å². The van der Waals surface area contributed by atoms with E-state index in [1.54, 1.807) is 26.8 Å². The van der Waals surface area contributed by atoms with Gasteiger partial charge in [0.1, 0.15) is 11.8 Å². The fraction of sp³-hybridized carbons (Fsp3) is 0.389. The van der Waals surface area contributed by atoms with E-state index >= 15 is 0 Å². The van der Waals surface area contributed by atoms with Crippen LogP contribution in [-0.4, -0.2) is 31.4 Å². The third kappa shape index (κ3) is 5.56. The molecule has 0 bridgehead atoms. The van der Waals surface area contributed by atoms with E-state index in [0.29, 0.717) is 5.69 Å². The molecule has 0 saturated carbocycles. The number of halogens is 2. The number of hydrogen-bond donors (Lipinski definition) is 1. The molecule has 2 aromatic heterocycles. The fourth-order valence-electron chi connectivity index (χ4n) is 2.57. The number of alkyl carbamates (subject to hydrolysis) is 1. The molecular weight excluding hydrogens is 388 g/mol. The van der Waals surface area contributed by atoms with E-state index in [1.165, 1.54) is 18.3 Å². The Kier molecular flexibility index (Phi) is 6.62. The fourth-order valence-corrected chi connectivity index (χ4v) is 2.57. The van der Waals surface area contributed by atoms with Crippen molar-refractivity contribution in [2.24, 2.45) is 0 Å². The van der Waals surface area contributed by atoms with E-state index in [1.807, 2.05) is 0 Å². The number of hydrogen-bond acceptors (Lipinski definition) is 6. The topological polar surface area (TPSA) is 112 Å². The molecule has 2 heterocycles. The largest absolute Gasteiger partial charge is 0.444 e. The summed E-state index contributed by atoms with van der Waals surface area (Å²) in [6.07, 6.45) is 3.19. The molecule has 0 aliphatic rings. The molecule has 156 valence electrons. The number of alkyl halides is 2. The molecule has 0 radical (unpaired) electrons. The summed E-state index contributed by atoms with van der Waals surface area (Å²) in [5, 5.41) is 17.3. The van der Waals surface area contributed by atoms with Crippen LogP contribution < -0.4 is 5.32 Å². The second-order valence-corrected chi connectivity index (χ2v) is 7.05. The number of pyridine rings is 1. The number of aromatic nitrogens is 3. The summed E-state index contributed by atoms with van der Waals surface area (Å²) in [4.78, 5) is 26.7. The number of carbonyl (C=O) groups is 1. The average Bonchev–Trinajstić information content (AvgIpc) is 3.05. The second-order valence-electron chi connectivity index (χ2n) is 7.05. The molecule has 1 unspecified atom stereocenters. The monoisotopic (exact) mass is 409 g/mol. The minimum atomic E-state index is -3.07. The van der Waals surface area contributed by atoms with Gasteiger partial charge < -0.3 is 10.1 Å². The van der Waals surface area contributed by atoms with Gasteiger partial charge in [-0.15, -0.1) is 6.58 Å². The first-order valence-corrected chi connectivity index (χ1v) is 8.60. The lowest BCUT2D eigenvalue weighted by atomic mass is 10.1. The van der Waals surface area contributed by atoms with Gasteiger partial charge in [0.05, 0.1) is 16.7 Å². The number of ether oxygens (including phenoxy) is 1. The summed E-state index contributed by atoms with van der Waals surface area (Å²) >= 11 is 0. The lowest BCUT2D eigenvalue weighted by Gasteiger charge is -2.23. The summed E-state index contributed by atoms with van der Waals surface area (Å²) in [6.45, 7) is 5.68. The minimum absolute atomic E-state index is 0.111. The molecule has 0 aromatic carbocycles. The summed E-state index contributed by atoms with van der Waals surface area (Å²) < 4.78 is 32.0. The third-order valence-corrected chi connectivity index (χ3v) is 3.66. The van der Waals surface area contributed by atoms with E-state index < -0.39 is 34.9 Å². The van der Waals surface area contributed by atoms with Gasteiger partial charge in [-0.1, -0.05) is 6.08 Å². The highest BCUT2D eigenvalue weighted by molar-refractivity contribution is 5.71. The molecule has 11 heteroatoms. The molecule has 0 saturated heterocycles. The van der Waals surface area contributed by atoms with Crippen LogP contribution in [0.2, 0.25) is 0 Å². The van der Waals surface area contributed by atoms with Gasteiger partial charge >= 0.3 is 18.3 Å². The van der Waals surface area contributed by atoms with Gasteiger partial charge in [-0.25, -0.2) is 4.79 Å². The van der Waals surface area contributed by atoms with E-state index in [-0.39, 0.29) is 22.4 Å². The first kappa shape index (κ1) is 21.9. The zero-order valence-corrected chi connectivity index (χ0v) is 16.1. The van der Waals surface area contributed by atoms with E-state index in [9.17, 15) is 23.7 Å². The average molecular weight is 409 g/mol. The highest BCUT2D eigenvalue weighted by Gasteiger charge is 2.27. The lowest BCUT2D eigenvalue weighted by molar-refractivity contribution is -0.384. The van der Waals surface area contributed by atoms with Crippen molar-refractivity contribution in [1.29, 1.82) is 0 Å².